The highest BCUT2D eigenvalue weighted by molar-refractivity contribution is 7.80. The molecule has 0 atom stereocenters. The van der Waals surface area contributed by atoms with Gasteiger partial charge in [-0.15, -0.1) is 12.6 Å². The van der Waals surface area contributed by atoms with E-state index in [-0.39, 0.29) is 5.71 Å². The van der Waals surface area contributed by atoms with Crippen LogP contribution in [0.25, 0.3) is 0 Å². The number of nitrogens with one attached hydrogen (secondary N) is 3. The first-order valence-electron chi connectivity index (χ1n) is 6.53. The highest BCUT2D eigenvalue weighted by atomic mass is 35.5. The number of thiol groups is 1. The summed E-state index contributed by atoms with van der Waals surface area (Å²) in [6, 6.07) is 10.2. The minimum atomic E-state index is -0.676. The van der Waals surface area contributed by atoms with Crippen LogP contribution in [0.1, 0.15) is 11.1 Å². The van der Waals surface area contributed by atoms with Gasteiger partial charge in [-0.3, -0.25) is 15.6 Å². The summed E-state index contributed by atoms with van der Waals surface area (Å²) in [5, 5.41) is 12.1. The van der Waals surface area contributed by atoms with E-state index >= 15 is 0 Å². The zero-order valence-corrected chi connectivity index (χ0v) is 14.3. The van der Waals surface area contributed by atoms with Crippen molar-refractivity contribution in [3.05, 3.63) is 57.6 Å². The number of benzene rings is 2. The van der Waals surface area contributed by atoms with E-state index in [1.165, 1.54) is 0 Å². The number of nitrogens with two attached hydrogens (primary N) is 1. The summed E-state index contributed by atoms with van der Waals surface area (Å²) in [6.07, 6.45) is 0. The molecule has 1 amide bonds. The summed E-state index contributed by atoms with van der Waals surface area (Å²) in [5.74, 6) is 4.41. The van der Waals surface area contributed by atoms with Crippen molar-refractivity contribution in [3.8, 4) is 0 Å². The summed E-state index contributed by atoms with van der Waals surface area (Å²) in [7, 11) is 0. The molecule has 0 radical (unpaired) electrons. The topological polar surface area (TPSA) is 91.0 Å². The molecule has 0 fully saturated rings. The number of carbonyl (C=O) groups is 1. The molecule has 5 N–H and O–H groups in total. The largest absolute Gasteiger partial charge is 0.380 e. The minimum Gasteiger partial charge on any atom is -0.380 e. The molecule has 0 spiro atoms. The molecule has 0 unspecified atom stereocenters. The van der Waals surface area contributed by atoms with Crippen molar-refractivity contribution in [2.45, 2.75) is 11.4 Å². The molecule has 5 nitrogen and oxygen atoms in total. The molecule has 2 aromatic rings. The molecule has 2 aromatic carbocycles. The van der Waals surface area contributed by atoms with Crippen LogP contribution in [0.5, 0.6) is 0 Å². The average Bonchev–Trinajstić information content (AvgIpc) is 2.52. The van der Waals surface area contributed by atoms with Gasteiger partial charge < -0.3 is 5.32 Å². The highest BCUT2D eigenvalue weighted by Crippen LogP contribution is 2.25. The van der Waals surface area contributed by atoms with E-state index in [2.05, 4.69) is 17.9 Å². The molecule has 23 heavy (non-hydrogen) atoms. The average molecular weight is 369 g/mol. The van der Waals surface area contributed by atoms with Gasteiger partial charge in [0.15, 0.2) is 0 Å². The van der Waals surface area contributed by atoms with E-state index in [9.17, 15) is 4.79 Å². The molecule has 0 saturated heterocycles. The van der Waals surface area contributed by atoms with Gasteiger partial charge in [0, 0.05) is 32.7 Å². The van der Waals surface area contributed by atoms with Crippen molar-refractivity contribution >= 4 is 53.1 Å². The van der Waals surface area contributed by atoms with E-state index in [0.29, 0.717) is 32.7 Å². The third-order valence-electron chi connectivity index (χ3n) is 3.12. The Morgan fingerprint density at radius 1 is 1.22 bits per heavy atom. The van der Waals surface area contributed by atoms with E-state index in [0.717, 1.165) is 5.56 Å². The number of rotatable bonds is 5. The lowest BCUT2D eigenvalue weighted by molar-refractivity contribution is -0.114. The van der Waals surface area contributed by atoms with Crippen LogP contribution in [0.2, 0.25) is 10.0 Å². The van der Waals surface area contributed by atoms with Crippen molar-refractivity contribution in [2.75, 3.05) is 5.32 Å². The van der Waals surface area contributed by atoms with Crippen LogP contribution in [0, 0.1) is 5.41 Å². The van der Waals surface area contributed by atoms with E-state index < -0.39 is 5.91 Å². The molecule has 2 rings (SSSR count). The van der Waals surface area contributed by atoms with Crippen LogP contribution >= 0.6 is 35.8 Å². The van der Waals surface area contributed by atoms with E-state index in [4.69, 9.17) is 34.5 Å². The van der Waals surface area contributed by atoms with Crippen LogP contribution in [-0.4, -0.2) is 11.6 Å². The molecule has 0 aromatic heterocycles. The lowest BCUT2D eigenvalue weighted by Gasteiger charge is -2.14. The van der Waals surface area contributed by atoms with Gasteiger partial charge in [-0.2, -0.15) is 0 Å². The smallest absolute Gasteiger partial charge is 0.283 e. The number of hydrogen-bond donors (Lipinski definition) is 5. The standard InChI is InChI=1S/C15H14Cl2N4OS/c16-9-2-1-8(12(17)5-9)7-20-13-6-10(23)3-4-11(13)14(18)15(22)21-19/h1-6,18,20,23H,7,19H2,(H,21,22). The maximum atomic E-state index is 11.6. The Hall–Kier alpha value is -1.73. The Morgan fingerprint density at radius 2 is 1.96 bits per heavy atom. The Bertz CT molecular complexity index is 767. The van der Waals surface area contributed by atoms with Gasteiger partial charge in [0.05, 0.1) is 0 Å². The molecule has 120 valence electrons. The lowest BCUT2D eigenvalue weighted by atomic mass is 10.1. The van der Waals surface area contributed by atoms with Crippen molar-refractivity contribution < 1.29 is 4.79 Å². The van der Waals surface area contributed by atoms with Crippen molar-refractivity contribution in [2.24, 2.45) is 5.84 Å². The maximum absolute atomic E-state index is 11.6. The monoisotopic (exact) mass is 368 g/mol. The first kappa shape index (κ1) is 17.6. The molecule has 0 aliphatic rings. The second-order valence-electron chi connectivity index (χ2n) is 4.67. The fraction of sp³-hybridized carbons (Fsp3) is 0.0667. The Kier molecular flexibility index (Phi) is 5.90. The van der Waals surface area contributed by atoms with Gasteiger partial charge in [-0.05, 0) is 35.9 Å². The van der Waals surface area contributed by atoms with Crippen molar-refractivity contribution in [3.63, 3.8) is 0 Å². The second-order valence-corrected chi connectivity index (χ2v) is 6.03. The van der Waals surface area contributed by atoms with Gasteiger partial charge in [0.25, 0.3) is 5.91 Å². The summed E-state index contributed by atoms with van der Waals surface area (Å²) in [4.78, 5) is 12.3. The SMILES string of the molecule is N=C(C(=O)NN)c1ccc(S)cc1NCc1ccc(Cl)cc1Cl. The van der Waals surface area contributed by atoms with Gasteiger partial charge in [0.2, 0.25) is 0 Å². The van der Waals surface area contributed by atoms with Crippen LogP contribution in [0.15, 0.2) is 41.3 Å². The number of amides is 1. The fourth-order valence-corrected chi connectivity index (χ4v) is 2.63. The summed E-state index contributed by atoms with van der Waals surface area (Å²) >= 11 is 16.3. The van der Waals surface area contributed by atoms with Crippen LogP contribution in [0.4, 0.5) is 5.69 Å². The Labute approximate surface area is 149 Å². The molecular formula is C15H14Cl2N4OS. The van der Waals surface area contributed by atoms with Crippen molar-refractivity contribution in [1.29, 1.82) is 5.41 Å². The Morgan fingerprint density at radius 3 is 2.61 bits per heavy atom. The van der Waals surface area contributed by atoms with E-state index in [1.807, 2.05) is 5.43 Å². The van der Waals surface area contributed by atoms with Crippen LogP contribution < -0.4 is 16.6 Å². The normalized spacial score (nSPS) is 10.3. The lowest BCUT2D eigenvalue weighted by Crippen LogP contribution is -2.36. The van der Waals surface area contributed by atoms with Gasteiger partial charge in [-0.1, -0.05) is 29.3 Å². The molecule has 0 aliphatic carbocycles. The minimum absolute atomic E-state index is 0.245. The van der Waals surface area contributed by atoms with Gasteiger partial charge in [-0.25, -0.2) is 5.84 Å². The number of carbonyl (C=O) groups excluding carboxylic acids is 1. The Balaban J connectivity index is 2.26. The quantitative estimate of drug-likeness (QED) is 0.184. The van der Waals surface area contributed by atoms with E-state index in [1.54, 1.807) is 36.4 Å². The molecule has 0 bridgehead atoms. The zero-order valence-electron chi connectivity index (χ0n) is 11.9. The first-order chi connectivity index (χ1) is 10.9. The second kappa shape index (κ2) is 7.70. The number of halogens is 2. The fourth-order valence-electron chi connectivity index (χ4n) is 1.95. The molecule has 0 saturated carbocycles. The maximum Gasteiger partial charge on any atom is 0.283 e. The summed E-state index contributed by atoms with van der Waals surface area (Å²) in [6.45, 7) is 0.401. The highest BCUT2D eigenvalue weighted by Gasteiger charge is 2.15. The zero-order chi connectivity index (χ0) is 17.0. The van der Waals surface area contributed by atoms with Gasteiger partial charge >= 0.3 is 0 Å². The van der Waals surface area contributed by atoms with Gasteiger partial charge in [0.1, 0.15) is 5.71 Å². The first-order valence-corrected chi connectivity index (χ1v) is 7.73. The molecule has 8 heteroatoms. The van der Waals surface area contributed by atoms with Crippen molar-refractivity contribution in [1.82, 2.24) is 5.43 Å². The molecule has 0 heterocycles. The number of anilines is 1. The number of hydrazine groups is 1. The molecular weight excluding hydrogens is 355 g/mol. The summed E-state index contributed by atoms with van der Waals surface area (Å²) < 4.78 is 0. The number of hydrogen-bond acceptors (Lipinski definition) is 5. The van der Waals surface area contributed by atoms with Crippen LogP contribution in [-0.2, 0) is 11.3 Å². The predicted molar refractivity (Wildman–Crippen MR) is 96.6 cm³/mol. The summed E-state index contributed by atoms with van der Waals surface area (Å²) in [5.41, 5.74) is 3.53. The third kappa shape index (κ3) is 4.39. The predicted octanol–water partition coefficient (Wildman–Crippen LogP) is 3.25. The third-order valence-corrected chi connectivity index (χ3v) is 3.98. The molecule has 0 aliphatic heterocycles. The van der Waals surface area contributed by atoms with Crippen LogP contribution in [0.3, 0.4) is 0 Å².